The molecule has 4 nitrogen and oxygen atoms in total. The van der Waals surface area contributed by atoms with E-state index in [0.29, 0.717) is 22.9 Å². The number of ketones is 1. The van der Waals surface area contributed by atoms with E-state index in [-0.39, 0.29) is 18.4 Å². The van der Waals surface area contributed by atoms with Gasteiger partial charge in [-0.05, 0) is 43.7 Å². The first kappa shape index (κ1) is 18.5. The van der Waals surface area contributed by atoms with Gasteiger partial charge in [0.05, 0.1) is 0 Å². The fourth-order valence-corrected chi connectivity index (χ4v) is 2.36. The van der Waals surface area contributed by atoms with E-state index in [1.54, 1.807) is 24.3 Å². The van der Waals surface area contributed by atoms with Crippen LogP contribution in [0.2, 0.25) is 5.02 Å². The van der Waals surface area contributed by atoms with Crippen LogP contribution in [0.5, 0.6) is 5.75 Å². The average Bonchev–Trinajstić information content (AvgIpc) is 2.58. The van der Waals surface area contributed by atoms with Crippen LogP contribution in [-0.4, -0.2) is 30.1 Å². The van der Waals surface area contributed by atoms with Crippen molar-refractivity contribution in [3.63, 3.8) is 0 Å². The van der Waals surface area contributed by atoms with Crippen LogP contribution in [0.4, 0.5) is 0 Å². The molecule has 2 aromatic rings. The molecule has 0 aromatic heterocycles. The summed E-state index contributed by atoms with van der Waals surface area (Å²) in [5.74, 6) is 0.562. The Hall–Kier alpha value is -1.88. The third-order valence-corrected chi connectivity index (χ3v) is 3.96. The quantitative estimate of drug-likeness (QED) is 0.716. The van der Waals surface area contributed by atoms with Crippen molar-refractivity contribution in [1.29, 1.82) is 0 Å². The second-order valence-electron chi connectivity index (χ2n) is 5.73. The molecule has 0 spiro atoms. The van der Waals surface area contributed by atoms with E-state index in [4.69, 9.17) is 16.3 Å². The minimum Gasteiger partial charge on any atom is -0.491 e. The highest BCUT2D eigenvalue weighted by molar-refractivity contribution is 6.30. The molecule has 5 heteroatoms. The van der Waals surface area contributed by atoms with E-state index in [1.165, 1.54) is 6.92 Å². The van der Waals surface area contributed by atoms with Gasteiger partial charge >= 0.3 is 0 Å². The molecule has 0 saturated carbocycles. The Morgan fingerprint density at radius 2 is 1.96 bits per heavy atom. The van der Waals surface area contributed by atoms with Gasteiger partial charge in [0.2, 0.25) is 0 Å². The number of hydrogen-bond acceptors (Lipinski definition) is 4. The number of hydrogen-bond donors (Lipinski definition) is 2. The van der Waals surface area contributed by atoms with E-state index >= 15 is 0 Å². The summed E-state index contributed by atoms with van der Waals surface area (Å²) in [6, 6.07) is 14.6. The van der Waals surface area contributed by atoms with Crippen molar-refractivity contribution in [3.05, 3.63) is 64.7 Å². The van der Waals surface area contributed by atoms with Crippen LogP contribution < -0.4 is 10.1 Å². The second kappa shape index (κ2) is 8.83. The minimum absolute atomic E-state index is 0.0144. The van der Waals surface area contributed by atoms with Crippen molar-refractivity contribution < 1.29 is 14.6 Å². The van der Waals surface area contributed by atoms with Gasteiger partial charge in [0.1, 0.15) is 18.5 Å². The van der Waals surface area contributed by atoms with Gasteiger partial charge < -0.3 is 15.2 Å². The molecule has 128 valence electrons. The maximum Gasteiger partial charge on any atom is 0.159 e. The standard InChI is InChI=1S/C19H22ClNO3/c1-13(15-6-8-17(20)9-7-15)21-11-18(23)12-24-19-5-3-4-16(10-19)14(2)22/h3-10,13,18,21,23H,11-12H2,1-2H3. The van der Waals surface area contributed by atoms with Crippen LogP contribution in [0.15, 0.2) is 48.5 Å². The Balaban J connectivity index is 1.79. The third-order valence-electron chi connectivity index (χ3n) is 3.71. The van der Waals surface area contributed by atoms with Crippen LogP contribution in [-0.2, 0) is 0 Å². The summed E-state index contributed by atoms with van der Waals surface area (Å²) >= 11 is 5.88. The normalized spacial score (nSPS) is 13.3. The van der Waals surface area contributed by atoms with E-state index in [1.807, 2.05) is 31.2 Å². The molecule has 0 aliphatic heterocycles. The van der Waals surface area contributed by atoms with Gasteiger partial charge in [0.15, 0.2) is 5.78 Å². The fraction of sp³-hybridized carbons (Fsp3) is 0.316. The van der Waals surface area contributed by atoms with Gasteiger partial charge in [-0.15, -0.1) is 0 Å². The first-order valence-electron chi connectivity index (χ1n) is 7.86. The Morgan fingerprint density at radius 3 is 2.62 bits per heavy atom. The molecule has 2 atom stereocenters. The van der Waals surface area contributed by atoms with Gasteiger partial charge in [0, 0.05) is 23.2 Å². The van der Waals surface area contributed by atoms with E-state index in [0.717, 1.165) is 5.56 Å². The van der Waals surface area contributed by atoms with Crippen LogP contribution in [0.1, 0.15) is 35.8 Å². The predicted octanol–water partition coefficient (Wildman–Crippen LogP) is 3.63. The van der Waals surface area contributed by atoms with Gasteiger partial charge in [0.25, 0.3) is 0 Å². The summed E-state index contributed by atoms with van der Waals surface area (Å²) < 4.78 is 5.55. The fourth-order valence-electron chi connectivity index (χ4n) is 2.24. The Labute approximate surface area is 147 Å². The number of nitrogens with one attached hydrogen (secondary N) is 1. The molecule has 0 fully saturated rings. The van der Waals surface area contributed by atoms with Crippen molar-refractivity contribution in [3.8, 4) is 5.75 Å². The highest BCUT2D eigenvalue weighted by atomic mass is 35.5. The molecule has 24 heavy (non-hydrogen) atoms. The molecule has 0 amide bonds. The number of aliphatic hydroxyl groups is 1. The number of carbonyl (C=O) groups is 1. The van der Waals surface area contributed by atoms with E-state index in [9.17, 15) is 9.90 Å². The molecule has 0 saturated heterocycles. The van der Waals surface area contributed by atoms with Gasteiger partial charge in [-0.25, -0.2) is 0 Å². The van der Waals surface area contributed by atoms with Crippen LogP contribution >= 0.6 is 11.6 Å². The Kier molecular flexibility index (Phi) is 6.79. The molecule has 2 rings (SSSR count). The summed E-state index contributed by atoms with van der Waals surface area (Å²) in [6.45, 7) is 4.08. The molecule has 2 unspecified atom stereocenters. The minimum atomic E-state index is -0.652. The lowest BCUT2D eigenvalue weighted by atomic mass is 10.1. The maximum absolute atomic E-state index is 11.3. The zero-order valence-electron chi connectivity index (χ0n) is 13.8. The Bertz CT molecular complexity index is 673. The van der Waals surface area contributed by atoms with Crippen molar-refractivity contribution in [2.75, 3.05) is 13.2 Å². The second-order valence-corrected chi connectivity index (χ2v) is 6.17. The molecule has 2 aromatic carbocycles. The van der Waals surface area contributed by atoms with Gasteiger partial charge in [-0.2, -0.15) is 0 Å². The van der Waals surface area contributed by atoms with Crippen LogP contribution in [0.25, 0.3) is 0 Å². The van der Waals surface area contributed by atoms with Crippen molar-refractivity contribution in [2.45, 2.75) is 26.0 Å². The average molecular weight is 348 g/mol. The third kappa shape index (κ3) is 5.64. The number of carbonyl (C=O) groups excluding carboxylic acids is 1. The number of Topliss-reactive ketones (excluding diaryl/α,β-unsaturated/α-hetero) is 1. The van der Waals surface area contributed by atoms with Gasteiger partial charge in [-0.1, -0.05) is 35.9 Å². The number of halogens is 1. The summed E-state index contributed by atoms with van der Waals surface area (Å²) in [6.07, 6.45) is -0.652. The molecule has 0 heterocycles. The van der Waals surface area contributed by atoms with Crippen molar-refractivity contribution in [2.24, 2.45) is 0 Å². The SMILES string of the molecule is CC(=O)c1cccc(OCC(O)CNC(C)c2ccc(Cl)cc2)c1. The molecular weight excluding hydrogens is 326 g/mol. The largest absolute Gasteiger partial charge is 0.491 e. The summed E-state index contributed by atoms with van der Waals surface area (Å²) in [5.41, 5.74) is 1.69. The molecule has 0 bridgehead atoms. The lowest BCUT2D eigenvalue weighted by molar-refractivity contribution is 0.101. The molecule has 2 N–H and O–H groups in total. The van der Waals surface area contributed by atoms with Crippen molar-refractivity contribution >= 4 is 17.4 Å². The smallest absolute Gasteiger partial charge is 0.159 e. The molecular formula is C19H22ClNO3. The highest BCUT2D eigenvalue weighted by Crippen LogP contribution is 2.16. The van der Waals surface area contributed by atoms with E-state index < -0.39 is 6.10 Å². The van der Waals surface area contributed by atoms with Crippen molar-refractivity contribution in [1.82, 2.24) is 5.32 Å². The zero-order chi connectivity index (χ0) is 17.5. The number of aliphatic hydroxyl groups excluding tert-OH is 1. The predicted molar refractivity (Wildman–Crippen MR) is 95.8 cm³/mol. The first-order chi connectivity index (χ1) is 11.5. The van der Waals surface area contributed by atoms with Crippen LogP contribution in [0, 0.1) is 0 Å². The zero-order valence-corrected chi connectivity index (χ0v) is 14.6. The maximum atomic E-state index is 11.3. The Morgan fingerprint density at radius 1 is 1.25 bits per heavy atom. The highest BCUT2D eigenvalue weighted by Gasteiger charge is 2.10. The number of benzene rings is 2. The molecule has 0 aliphatic rings. The summed E-state index contributed by atoms with van der Waals surface area (Å²) in [4.78, 5) is 11.3. The van der Waals surface area contributed by atoms with Gasteiger partial charge in [-0.3, -0.25) is 4.79 Å². The lowest BCUT2D eigenvalue weighted by Gasteiger charge is -2.18. The molecule has 0 aliphatic carbocycles. The van der Waals surface area contributed by atoms with E-state index in [2.05, 4.69) is 5.32 Å². The lowest BCUT2D eigenvalue weighted by Crippen LogP contribution is -2.33. The number of ether oxygens (including phenoxy) is 1. The summed E-state index contributed by atoms with van der Waals surface area (Å²) in [7, 11) is 0. The molecule has 0 radical (unpaired) electrons. The van der Waals surface area contributed by atoms with Crippen LogP contribution in [0.3, 0.4) is 0 Å². The topological polar surface area (TPSA) is 58.6 Å². The monoisotopic (exact) mass is 347 g/mol. The first-order valence-corrected chi connectivity index (χ1v) is 8.24. The number of rotatable bonds is 8. The summed E-state index contributed by atoms with van der Waals surface area (Å²) in [5, 5.41) is 14.0.